The minimum atomic E-state index is -0.268. The van der Waals surface area contributed by atoms with Gasteiger partial charge in [0.25, 0.3) is 0 Å². The molecule has 0 fully saturated rings. The Morgan fingerprint density at radius 1 is 1.27 bits per heavy atom. The van der Waals surface area contributed by atoms with Crippen molar-refractivity contribution in [2.24, 2.45) is 0 Å². The lowest BCUT2D eigenvalue weighted by molar-refractivity contribution is -0.144. The Bertz CT molecular complexity index is 199. The van der Waals surface area contributed by atoms with Gasteiger partial charge >= 0.3 is 5.97 Å². The van der Waals surface area contributed by atoms with Crippen molar-refractivity contribution < 1.29 is 19.1 Å². The summed E-state index contributed by atoms with van der Waals surface area (Å²) in [5, 5.41) is 2.58. The van der Waals surface area contributed by atoms with Gasteiger partial charge in [0.1, 0.15) is 6.61 Å². The topological polar surface area (TPSA) is 64.6 Å². The summed E-state index contributed by atoms with van der Waals surface area (Å²) >= 11 is 3.90. The summed E-state index contributed by atoms with van der Waals surface area (Å²) in [4.78, 5) is 21.3. The Labute approximate surface area is 94.9 Å². The average Bonchev–Trinajstić information content (AvgIpc) is 2.16. The van der Waals surface area contributed by atoms with Gasteiger partial charge in [-0.1, -0.05) is 0 Å². The number of hydrogen-bond donors (Lipinski definition) is 2. The van der Waals surface area contributed by atoms with Crippen LogP contribution in [0.3, 0.4) is 0 Å². The van der Waals surface area contributed by atoms with E-state index >= 15 is 0 Å². The van der Waals surface area contributed by atoms with Crippen LogP contribution >= 0.6 is 12.6 Å². The van der Waals surface area contributed by atoms with Crippen molar-refractivity contribution in [2.45, 2.75) is 13.3 Å². The Hall–Kier alpha value is -0.750. The zero-order valence-electron chi connectivity index (χ0n) is 8.82. The molecule has 0 spiro atoms. The lowest BCUT2D eigenvalue weighted by atomic mass is 10.5. The van der Waals surface area contributed by atoms with Gasteiger partial charge in [-0.05, 0) is 0 Å². The molecule has 0 saturated heterocycles. The molecule has 15 heavy (non-hydrogen) atoms. The van der Waals surface area contributed by atoms with Crippen LogP contribution in [-0.4, -0.2) is 44.0 Å². The molecule has 0 atom stereocenters. The van der Waals surface area contributed by atoms with Crippen molar-refractivity contribution in [1.82, 2.24) is 5.32 Å². The summed E-state index contributed by atoms with van der Waals surface area (Å²) in [6.45, 7) is 2.92. The molecule has 0 aliphatic heterocycles. The van der Waals surface area contributed by atoms with Gasteiger partial charge in [-0.2, -0.15) is 12.6 Å². The van der Waals surface area contributed by atoms with E-state index in [2.05, 4.69) is 17.9 Å². The van der Waals surface area contributed by atoms with Gasteiger partial charge in [0.05, 0.1) is 19.6 Å². The highest BCUT2D eigenvalue weighted by Crippen LogP contribution is 1.88. The molecule has 0 radical (unpaired) electrons. The summed E-state index contributed by atoms with van der Waals surface area (Å²) in [7, 11) is 0. The lowest BCUT2D eigenvalue weighted by Gasteiger charge is -2.05. The van der Waals surface area contributed by atoms with Gasteiger partial charge in [0.2, 0.25) is 5.91 Å². The number of esters is 1. The fourth-order valence-corrected chi connectivity index (χ4v) is 0.962. The maximum atomic E-state index is 10.8. The second-order valence-electron chi connectivity index (χ2n) is 2.79. The molecule has 0 aromatic rings. The molecule has 0 aromatic heterocycles. The quantitative estimate of drug-likeness (QED) is 0.353. The summed E-state index contributed by atoms with van der Waals surface area (Å²) in [6, 6.07) is 0. The van der Waals surface area contributed by atoms with Crippen LogP contribution in [0.25, 0.3) is 0 Å². The van der Waals surface area contributed by atoms with Crippen molar-refractivity contribution in [3.05, 3.63) is 0 Å². The minimum Gasteiger partial charge on any atom is -0.463 e. The van der Waals surface area contributed by atoms with Gasteiger partial charge in [-0.15, -0.1) is 0 Å². The van der Waals surface area contributed by atoms with E-state index in [1.165, 1.54) is 6.92 Å². The number of carbonyl (C=O) groups excluding carboxylic acids is 2. The monoisotopic (exact) mass is 235 g/mol. The SMILES string of the molecule is CC(=O)NCCOCCOC(=O)CCS. The summed E-state index contributed by atoms with van der Waals surface area (Å²) < 4.78 is 9.91. The molecule has 1 N–H and O–H groups in total. The van der Waals surface area contributed by atoms with Crippen LogP contribution in [0.1, 0.15) is 13.3 Å². The van der Waals surface area contributed by atoms with E-state index in [0.717, 1.165) is 0 Å². The van der Waals surface area contributed by atoms with Gasteiger partial charge in [0, 0.05) is 19.2 Å². The van der Waals surface area contributed by atoms with Gasteiger partial charge in [-0.3, -0.25) is 9.59 Å². The summed E-state index contributed by atoms with van der Waals surface area (Å²) in [5.41, 5.74) is 0. The smallest absolute Gasteiger partial charge is 0.306 e. The minimum absolute atomic E-state index is 0.0844. The van der Waals surface area contributed by atoms with E-state index in [1.54, 1.807) is 0 Å². The first-order valence-corrected chi connectivity index (χ1v) is 5.38. The standard InChI is InChI=1S/C9H17NO4S/c1-8(11)10-3-4-13-5-6-14-9(12)2-7-15/h15H,2-7H2,1H3,(H,10,11). The molecular formula is C9H17NO4S. The molecule has 0 aliphatic carbocycles. The van der Waals surface area contributed by atoms with Crippen LogP contribution in [0.15, 0.2) is 0 Å². The molecule has 0 aromatic carbocycles. The third-order valence-corrected chi connectivity index (χ3v) is 1.65. The zero-order chi connectivity index (χ0) is 11.5. The molecule has 0 bridgehead atoms. The fourth-order valence-electron chi connectivity index (χ4n) is 0.779. The first kappa shape index (κ1) is 14.2. The average molecular weight is 235 g/mol. The molecule has 0 aliphatic rings. The molecule has 6 heteroatoms. The van der Waals surface area contributed by atoms with E-state index < -0.39 is 0 Å². The predicted molar refractivity (Wildman–Crippen MR) is 58.9 cm³/mol. The van der Waals surface area contributed by atoms with Crippen LogP contribution in [0, 0.1) is 0 Å². The summed E-state index contributed by atoms with van der Waals surface area (Å²) in [5.74, 6) is 0.136. The highest BCUT2D eigenvalue weighted by Gasteiger charge is 1.99. The molecule has 88 valence electrons. The Balaban J connectivity index is 3.11. The van der Waals surface area contributed by atoms with Crippen molar-refractivity contribution >= 4 is 24.5 Å². The van der Waals surface area contributed by atoms with Crippen LogP contribution in [0.5, 0.6) is 0 Å². The first-order chi connectivity index (χ1) is 7.16. The number of rotatable bonds is 8. The zero-order valence-corrected chi connectivity index (χ0v) is 9.72. The van der Waals surface area contributed by atoms with Crippen molar-refractivity contribution in [3.8, 4) is 0 Å². The van der Waals surface area contributed by atoms with E-state index in [4.69, 9.17) is 9.47 Å². The van der Waals surface area contributed by atoms with E-state index in [9.17, 15) is 9.59 Å². The number of carbonyl (C=O) groups is 2. The Morgan fingerprint density at radius 3 is 2.60 bits per heavy atom. The maximum Gasteiger partial charge on any atom is 0.306 e. The van der Waals surface area contributed by atoms with Gasteiger partial charge in [-0.25, -0.2) is 0 Å². The summed E-state index contributed by atoms with van der Waals surface area (Å²) in [6.07, 6.45) is 0.314. The van der Waals surface area contributed by atoms with Crippen LogP contribution in [-0.2, 0) is 19.1 Å². The Kier molecular flexibility index (Phi) is 9.30. The second kappa shape index (κ2) is 9.79. The molecule has 1 amide bonds. The van der Waals surface area contributed by atoms with Crippen LogP contribution < -0.4 is 5.32 Å². The molecular weight excluding hydrogens is 218 g/mol. The molecule has 0 unspecified atom stereocenters. The second-order valence-corrected chi connectivity index (χ2v) is 3.24. The van der Waals surface area contributed by atoms with Gasteiger partial charge in [0.15, 0.2) is 0 Å². The van der Waals surface area contributed by atoms with Crippen molar-refractivity contribution in [2.75, 3.05) is 32.1 Å². The van der Waals surface area contributed by atoms with Crippen LogP contribution in [0.4, 0.5) is 0 Å². The first-order valence-electron chi connectivity index (χ1n) is 4.75. The largest absolute Gasteiger partial charge is 0.463 e. The third kappa shape index (κ3) is 11.2. The molecule has 0 rings (SSSR count). The van der Waals surface area contributed by atoms with E-state index in [1.807, 2.05) is 0 Å². The molecule has 5 nitrogen and oxygen atoms in total. The van der Waals surface area contributed by atoms with Gasteiger partial charge < -0.3 is 14.8 Å². The normalized spacial score (nSPS) is 9.73. The third-order valence-electron chi connectivity index (χ3n) is 1.43. The maximum absolute atomic E-state index is 10.8. The Morgan fingerprint density at radius 2 is 2.00 bits per heavy atom. The number of hydrogen-bond acceptors (Lipinski definition) is 5. The van der Waals surface area contributed by atoms with Crippen molar-refractivity contribution in [1.29, 1.82) is 0 Å². The fraction of sp³-hybridized carbons (Fsp3) is 0.778. The molecule has 0 saturated carbocycles. The highest BCUT2D eigenvalue weighted by molar-refractivity contribution is 7.80. The number of ether oxygens (including phenoxy) is 2. The molecule has 0 heterocycles. The number of nitrogens with one attached hydrogen (secondary N) is 1. The van der Waals surface area contributed by atoms with Crippen molar-refractivity contribution in [3.63, 3.8) is 0 Å². The predicted octanol–water partition coefficient (Wildman–Crippen LogP) is 0.00220. The van der Waals surface area contributed by atoms with Crippen LogP contribution in [0.2, 0.25) is 0 Å². The lowest BCUT2D eigenvalue weighted by Crippen LogP contribution is -2.25. The number of thiol groups is 1. The number of amides is 1. The highest BCUT2D eigenvalue weighted by atomic mass is 32.1. The van der Waals surface area contributed by atoms with E-state index in [-0.39, 0.29) is 18.5 Å². The van der Waals surface area contributed by atoms with E-state index in [0.29, 0.717) is 31.9 Å².